The number of hydrogen-bond acceptors (Lipinski definition) is 3. The molecule has 1 aliphatic heterocycles. The fourth-order valence-electron chi connectivity index (χ4n) is 3.44. The number of hydrogen-bond donors (Lipinski definition) is 2. The smallest absolute Gasteiger partial charge is 0.122 e. The second kappa shape index (κ2) is 6.15. The van der Waals surface area contributed by atoms with Crippen LogP contribution in [0.15, 0.2) is 18.2 Å². The highest BCUT2D eigenvalue weighted by Gasteiger charge is 2.25. The van der Waals surface area contributed by atoms with E-state index in [-0.39, 0.29) is 12.1 Å². The summed E-state index contributed by atoms with van der Waals surface area (Å²) in [7, 11) is 0. The first kappa shape index (κ1) is 13.9. The van der Waals surface area contributed by atoms with E-state index in [0.717, 1.165) is 44.5 Å². The Kier molecular flexibility index (Phi) is 4.27. The molecule has 0 aromatic heterocycles. The third kappa shape index (κ3) is 2.84. The van der Waals surface area contributed by atoms with Gasteiger partial charge in [0.15, 0.2) is 0 Å². The minimum atomic E-state index is -0.185. The van der Waals surface area contributed by atoms with Gasteiger partial charge in [0, 0.05) is 18.5 Å². The molecule has 0 saturated heterocycles. The van der Waals surface area contributed by atoms with Crippen LogP contribution in [0.5, 0.6) is 5.75 Å². The number of ether oxygens (including phenoxy) is 1. The van der Waals surface area contributed by atoms with E-state index < -0.39 is 0 Å². The molecule has 0 spiro atoms. The van der Waals surface area contributed by atoms with E-state index in [1.165, 1.54) is 17.5 Å². The van der Waals surface area contributed by atoms with Gasteiger partial charge in [-0.2, -0.15) is 0 Å². The molecule has 3 nitrogen and oxygen atoms in total. The number of aliphatic hydroxyl groups is 1. The minimum absolute atomic E-state index is 0.185. The molecule has 110 valence electrons. The summed E-state index contributed by atoms with van der Waals surface area (Å²) in [6.07, 6.45) is 6.29. The number of rotatable bonds is 4. The maximum absolute atomic E-state index is 10.1. The first-order valence-electron chi connectivity index (χ1n) is 7.97. The zero-order valence-corrected chi connectivity index (χ0v) is 12.3. The van der Waals surface area contributed by atoms with Crippen molar-refractivity contribution >= 4 is 0 Å². The lowest BCUT2D eigenvalue weighted by molar-refractivity contribution is 0.0844. The van der Waals surface area contributed by atoms with Gasteiger partial charge in [0.05, 0.1) is 12.7 Å². The van der Waals surface area contributed by atoms with Gasteiger partial charge in [0.1, 0.15) is 5.75 Å². The number of aliphatic hydroxyl groups excluding tert-OH is 1. The van der Waals surface area contributed by atoms with Crippen LogP contribution in [0.25, 0.3) is 0 Å². The molecule has 20 heavy (non-hydrogen) atoms. The van der Waals surface area contributed by atoms with Gasteiger partial charge in [-0.05, 0) is 36.5 Å². The molecule has 3 unspecified atom stereocenters. The van der Waals surface area contributed by atoms with E-state index in [4.69, 9.17) is 4.74 Å². The highest BCUT2D eigenvalue weighted by Crippen LogP contribution is 2.30. The van der Waals surface area contributed by atoms with Gasteiger partial charge in [0.2, 0.25) is 0 Å². The lowest BCUT2D eigenvalue weighted by atomic mass is 9.90. The molecule has 3 atom stereocenters. The van der Waals surface area contributed by atoms with Crippen molar-refractivity contribution in [3.05, 3.63) is 29.3 Å². The van der Waals surface area contributed by atoms with Gasteiger partial charge < -0.3 is 15.2 Å². The van der Waals surface area contributed by atoms with Crippen molar-refractivity contribution in [3.8, 4) is 5.75 Å². The Hall–Kier alpha value is -1.06. The zero-order chi connectivity index (χ0) is 13.9. The number of fused-ring (bicyclic) bond motifs is 1. The summed E-state index contributed by atoms with van der Waals surface area (Å²) < 4.78 is 5.57. The van der Waals surface area contributed by atoms with Crippen LogP contribution in [0.4, 0.5) is 0 Å². The molecule has 2 aliphatic rings. The summed E-state index contributed by atoms with van der Waals surface area (Å²) in [4.78, 5) is 0. The first-order valence-corrected chi connectivity index (χ1v) is 7.97. The maximum atomic E-state index is 10.1. The lowest BCUT2D eigenvalue weighted by Gasteiger charge is -2.32. The predicted molar refractivity (Wildman–Crippen MR) is 80.1 cm³/mol. The van der Waals surface area contributed by atoms with E-state index in [9.17, 15) is 5.11 Å². The molecule has 3 heteroatoms. The van der Waals surface area contributed by atoms with Crippen molar-refractivity contribution < 1.29 is 9.84 Å². The van der Waals surface area contributed by atoms with Crippen molar-refractivity contribution in [1.29, 1.82) is 0 Å². The summed E-state index contributed by atoms with van der Waals surface area (Å²) in [5, 5.41) is 13.8. The van der Waals surface area contributed by atoms with Gasteiger partial charge in [0.25, 0.3) is 0 Å². The third-order valence-electron chi connectivity index (χ3n) is 4.67. The van der Waals surface area contributed by atoms with Gasteiger partial charge in [-0.3, -0.25) is 0 Å². The molecule has 0 radical (unpaired) electrons. The highest BCUT2D eigenvalue weighted by atomic mass is 16.5. The van der Waals surface area contributed by atoms with Crippen molar-refractivity contribution in [2.24, 2.45) is 0 Å². The minimum Gasteiger partial charge on any atom is -0.493 e. The molecule has 1 heterocycles. The average molecular weight is 275 g/mol. The number of nitrogens with one attached hydrogen (secondary N) is 1. The molecule has 3 rings (SSSR count). The second-order valence-electron chi connectivity index (χ2n) is 6.05. The summed E-state index contributed by atoms with van der Waals surface area (Å²) in [6, 6.07) is 7.12. The van der Waals surface area contributed by atoms with Crippen molar-refractivity contribution in [3.63, 3.8) is 0 Å². The molecule has 0 bridgehead atoms. The molecule has 1 aliphatic carbocycles. The Balaban J connectivity index is 1.72. The molecule has 1 saturated carbocycles. The lowest BCUT2D eigenvalue weighted by Crippen LogP contribution is -2.43. The predicted octanol–water partition coefficient (Wildman–Crippen LogP) is 2.97. The SMILES string of the molecule is CCC(NC1CCCCC1O)c1ccc2c(c1)CCO2. The highest BCUT2D eigenvalue weighted by molar-refractivity contribution is 5.40. The fourth-order valence-corrected chi connectivity index (χ4v) is 3.44. The van der Waals surface area contributed by atoms with Gasteiger partial charge in [-0.15, -0.1) is 0 Å². The first-order chi connectivity index (χ1) is 9.78. The summed E-state index contributed by atoms with van der Waals surface area (Å²) >= 11 is 0. The molecule has 1 fully saturated rings. The quantitative estimate of drug-likeness (QED) is 0.887. The van der Waals surface area contributed by atoms with Crippen LogP contribution in [-0.4, -0.2) is 23.9 Å². The van der Waals surface area contributed by atoms with E-state index in [0.29, 0.717) is 6.04 Å². The van der Waals surface area contributed by atoms with Crippen LogP contribution in [0.2, 0.25) is 0 Å². The van der Waals surface area contributed by atoms with Crippen LogP contribution >= 0.6 is 0 Å². The van der Waals surface area contributed by atoms with Gasteiger partial charge in [-0.1, -0.05) is 31.9 Å². The fraction of sp³-hybridized carbons (Fsp3) is 0.647. The maximum Gasteiger partial charge on any atom is 0.122 e. The van der Waals surface area contributed by atoms with Crippen LogP contribution in [0, 0.1) is 0 Å². The van der Waals surface area contributed by atoms with E-state index in [2.05, 4.69) is 30.4 Å². The molecule has 0 amide bonds. The van der Waals surface area contributed by atoms with E-state index in [1.54, 1.807) is 0 Å². The van der Waals surface area contributed by atoms with Gasteiger partial charge in [-0.25, -0.2) is 0 Å². The Morgan fingerprint density at radius 2 is 2.20 bits per heavy atom. The normalized spacial score (nSPS) is 26.9. The average Bonchev–Trinajstić information content (AvgIpc) is 2.94. The van der Waals surface area contributed by atoms with Gasteiger partial charge >= 0.3 is 0 Å². The molecular formula is C17H25NO2. The largest absolute Gasteiger partial charge is 0.493 e. The Labute approximate surface area is 121 Å². The molecule has 1 aromatic carbocycles. The number of benzene rings is 1. The summed E-state index contributed by atoms with van der Waals surface area (Å²) in [5.41, 5.74) is 2.65. The van der Waals surface area contributed by atoms with E-state index in [1.807, 2.05) is 0 Å². The topological polar surface area (TPSA) is 41.5 Å². The molecular weight excluding hydrogens is 250 g/mol. The van der Waals surface area contributed by atoms with Crippen molar-refractivity contribution in [2.75, 3.05) is 6.61 Å². The standard InChI is InChI=1S/C17H25NO2/c1-2-14(18-15-5-3-4-6-16(15)19)12-7-8-17-13(11-12)9-10-20-17/h7-8,11,14-16,18-19H,2-6,9-10H2,1H3. The third-order valence-corrected chi connectivity index (χ3v) is 4.67. The van der Waals surface area contributed by atoms with Crippen molar-refractivity contribution in [1.82, 2.24) is 5.32 Å². The van der Waals surface area contributed by atoms with Crippen LogP contribution in [-0.2, 0) is 6.42 Å². The van der Waals surface area contributed by atoms with E-state index >= 15 is 0 Å². The Morgan fingerprint density at radius 3 is 3.00 bits per heavy atom. The summed E-state index contributed by atoms with van der Waals surface area (Å²) in [5.74, 6) is 1.04. The van der Waals surface area contributed by atoms with Crippen molar-refractivity contribution in [2.45, 2.75) is 63.6 Å². The Bertz CT molecular complexity index is 460. The monoisotopic (exact) mass is 275 g/mol. The Morgan fingerprint density at radius 1 is 1.35 bits per heavy atom. The summed E-state index contributed by atoms with van der Waals surface area (Å²) in [6.45, 7) is 3.01. The van der Waals surface area contributed by atoms with Crippen LogP contribution in [0.1, 0.15) is 56.2 Å². The van der Waals surface area contributed by atoms with Crippen LogP contribution in [0.3, 0.4) is 0 Å². The zero-order valence-electron chi connectivity index (χ0n) is 12.3. The second-order valence-corrected chi connectivity index (χ2v) is 6.05. The molecule has 2 N–H and O–H groups in total. The van der Waals surface area contributed by atoms with Crippen LogP contribution < -0.4 is 10.1 Å². The molecule has 1 aromatic rings.